The summed E-state index contributed by atoms with van der Waals surface area (Å²) in [6.07, 6.45) is 0.214. The molecule has 2 rings (SSSR count). The van der Waals surface area contributed by atoms with Crippen LogP contribution in [0.4, 0.5) is 0 Å². The molecule has 2 aromatic carbocycles. The van der Waals surface area contributed by atoms with Gasteiger partial charge in [-0.3, -0.25) is 4.79 Å². The van der Waals surface area contributed by atoms with Crippen molar-refractivity contribution in [2.75, 3.05) is 13.7 Å². The fourth-order valence-electron chi connectivity index (χ4n) is 2.76. The zero-order valence-electron chi connectivity index (χ0n) is 18.3. The van der Waals surface area contributed by atoms with Gasteiger partial charge in [0.25, 0.3) is 0 Å². The van der Waals surface area contributed by atoms with E-state index < -0.39 is 29.5 Å². The Labute approximate surface area is 182 Å². The molecule has 0 bridgehead atoms. The molecule has 31 heavy (non-hydrogen) atoms. The minimum absolute atomic E-state index is 0.181. The van der Waals surface area contributed by atoms with Crippen LogP contribution in [0.3, 0.4) is 0 Å². The molecule has 0 spiro atoms. The molecule has 0 radical (unpaired) electrons. The molecule has 166 valence electrons. The van der Waals surface area contributed by atoms with Crippen molar-refractivity contribution < 1.29 is 28.6 Å². The third-order valence-electron chi connectivity index (χ3n) is 4.19. The van der Waals surface area contributed by atoms with E-state index in [1.807, 2.05) is 30.3 Å². The van der Waals surface area contributed by atoms with Gasteiger partial charge in [0, 0.05) is 6.42 Å². The Hall–Kier alpha value is -3.19. The number of rotatable bonds is 9. The third kappa shape index (κ3) is 8.60. The Bertz CT molecular complexity index is 871. The lowest BCUT2D eigenvalue weighted by Gasteiger charge is -2.20. The monoisotopic (exact) mass is 427 g/mol. The van der Waals surface area contributed by atoms with E-state index in [9.17, 15) is 14.4 Å². The quantitative estimate of drug-likeness (QED) is 0.619. The first-order valence-electron chi connectivity index (χ1n) is 9.99. The minimum atomic E-state index is -0.870. The van der Waals surface area contributed by atoms with E-state index in [1.165, 1.54) is 7.11 Å². The molecule has 2 aromatic rings. The first-order valence-corrected chi connectivity index (χ1v) is 9.99. The molecule has 7 heteroatoms. The third-order valence-corrected chi connectivity index (χ3v) is 4.19. The van der Waals surface area contributed by atoms with Gasteiger partial charge in [-0.2, -0.15) is 0 Å². The molecule has 7 nitrogen and oxygen atoms in total. The fraction of sp³-hybridized carbons (Fsp3) is 0.375. The largest absolute Gasteiger partial charge is 0.467 e. The van der Waals surface area contributed by atoms with Crippen LogP contribution in [0.5, 0.6) is 0 Å². The van der Waals surface area contributed by atoms with Crippen molar-refractivity contribution in [2.24, 2.45) is 0 Å². The number of ether oxygens (including phenoxy) is 3. The summed E-state index contributed by atoms with van der Waals surface area (Å²) in [7, 11) is 1.26. The van der Waals surface area contributed by atoms with Gasteiger partial charge in [0.1, 0.15) is 18.2 Å². The highest BCUT2D eigenvalue weighted by Crippen LogP contribution is 2.14. The van der Waals surface area contributed by atoms with Crippen molar-refractivity contribution in [3.8, 4) is 0 Å². The van der Waals surface area contributed by atoms with Gasteiger partial charge >= 0.3 is 11.9 Å². The number of methoxy groups -OCH3 is 1. The highest BCUT2D eigenvalue weighted by atomic mass is 16.6. The number of nitrogens with one attached hydrogen (secondary N) is 1. The standard InChI is InChI=1S/C24H29NO6/c1-24(2,3)31-22(27)19-12-10-17(11-13-19)14-20(23(28)29-4)25-21(26)16-30-15-18-8-6-5-7-9-18/h5-13,20H,14-16H2,1-4H3,(H,25,26)/t20-/m0/s1. The van der Waals surface area contributed by atoms with Crippen molar-refractivity contribution >= 4 is 17.8 Å². The number of carbonyl (C=O) groups is 3. The van der Waals surface area contributed by atoms with Crippen molar-refractivity contribution in [3.05, 3.63) is 71.3 Å². The lowest BCUT2D eigenvalue weighted by molar-refractivity contribution is -0.145. The van der Waals surface area contributed by atoms with E-state index in [0.717, 1.165) is 11.1 Å². The molecule has 0 aliphatic rings. The average Bonchev–Trinajstić information content (AvgIpc) is 2.72. The number of carbonyl (C=O) groups excluding carboxylic acids is 3. The molecular formula is C24H29NO6. The van der Waals surface area contributed by atoms with Gasteiger partial charge in [-0.15, -0.1) is 0 Å². The maximum atomic E-state index is 12.2. The fourth-order valence-corrected chi connectivity index (χ4v) is 2.76. The van der Waals surface area contributed by atoms with Crippen LogP contribution in [0, 0.1) is 0 Å². The van der Waals surface area contributed by atoms with E-state index in [4.69, 9.17) is 14.2 Å². The zero-order valence-corrected chi connectivity index (χ0v) is 18.3. The van der Waals surface area contributed by atoms with Crippen LogP contribution in [0.25, 0.3) is 0 Å². The van der Waals surface area contributed by atoms with Gasteiger partial charge in [0.05, 0.1) is 19.3 Å². The van der Waals surface area contributed by atoms with E-state index >= 15 is 0 Å². The summed E-state index contributed by atoms with van der Waals surface area (Å²) >= 11 is 0. The Kier molecular flexibility index (Phi) is 8.75. The molecule has 0 unspecified atom stereocenters. The summed E-state index contributed by atoms with van der Waals surface area (Å²) < 4.78 is 15.6. The number of hydrogen-bond acceptors (Lipinski definition) is 6. The van der Waals surface area contributed by atoms with Gasteiger partial charge in [-0.25, -0.2) is 9.59 Å². The predicted octanol–water partition coefficient (Wildman–Crippen LogP) is 3.06. The molecular weight excluding hydrogens is 398 g/mol. The van der Waals surface area contributed by atoms with Gasteiger partial charge in [0.2, 0.25) is 5.91 Å². The number of amides is 1. The maximum absolute atomic E-state index is 12.2. The second kappa shape index (κ2) is 11.3. The Balaban J connectivity index is 1.92. The van der Waals surface area contributed by atoms with Crippen LogP contribution in [0.2, 0.25) is 0 Å². The molecule has 0 saturated carbocycles. The molecule has 0 fully saturated rings. The van der Waals surface area contributed by atoms with Crippen molar-refractivity contribution in [1.29, 1.82) is 0 Å². The van der Waals surface area contributed by atoms with Crippen LogP contribution in [-0.2, 0) is 36.8 Å². The summed E-state index contributed by atoms with van der Waals surface area (Å²) in [6.45, 7) is 5.51. The molecule has 0 heterocycles. The van der Waals surface area contributed by atoms with Gasteiger partial charge in [0.15, 0.2) is 0 Å². The number of benzene rings is 2. The average molecular weight is 427 g/mol. The molecule has 1 atom stereocenters. The Morgan fingerprint density at radius 3 is 2.16 bits per heavy atom. The summed E-state index contributed by atoms with van der Waals surface area (Å²) in [5.41, 5.74) is 1.53. The second-order valence-corrected chi connectivity index (χ2v) is 8.02. The van der Waals surface area contributed by atoms with Gasteiger partial charge in [-0.1, -0.05) is 42.5 Å². The molecule has 0 aliphatic carbocycles. The summed E-state index contributed by atoms with van der Waals surface area (Å²) in [6, 6.07) is 15.3. The molecule has 0 aromatic heterocycles. The van der Waals surface area contributed by atoms with E-state index in [0.29, 0.717) is 12.2 Å². The van der Waals surface area contributed by atoms with Crippen LogP contribution in [0.1, 0.15) is 42.3 Å². The van der Waals surface area contributed by atoms with E-state index in [1.54, 1.807) is 45.0 Å². The maximum Gasteiger partial charge on any atom is 0.338 e. The summed E-state index contributed by atoms with van der Waals surface area (Å²) in [5.74, 6) is -1.41. The second-order valence-electron chi connectivity index (χ2n) is 8.02. The van der Waals surface area contributed by atoms with Gasteiger partial charge in [-0.05, 0) is 44.0 Å². The molecule has 0 aliphatic heterocycles. The summed E-state index contributed by atoms with van der Waals surface area (Å²) in [5, 5.41) is 2.64. The predicted molar refractivity (Wildman–Crippen MR) is 115 cm³/mol. The van der Waals surface area contributed by atoms with E-state index in [-0.39, 0.29) is 13.0 Å². The molecule has 1 N–H and O–H groups in total. The highest BCUT2D eigenvalue weighted by molar-refractivity contribution is 5.89. The van der Waals surface area contributed by atoms with Gasteiger partial charge < -0.3 is 19.5 Å². The topological polar surface area (TPSA) is 90.9 Å². The normalized spacial score (nSPS) is 12.0. The smallest absolute Gasteiger partial charge is 0.338 e. The highest BCUT2D eigenvalue weighted by Gasteiger charge is 2.23. The van der Waals surface area contributed by atoms with Crippen molar-refractivity contribution in [2.45, 2.75) is 45.4 Å². The lowest BCUT2D eigenvalue weighted by atomic mass is 10.0. The first kappa shape index (κ1) is 24.1. The summed E-state index contributed by atoms with van der Waals surface area (Å²) in [4.78, 5) is 36.5. The molecule has 0 saturated heterocycles. The minimum Gasteiger partial charge on any atom is -0.467 e. The van der Waals surface area contributed by atoms with Crippen LogP contribution >= 0.6 is 0 Å². The number of hydrogen-bond donors (Lipinski definition) is 1. The Morgan fingerprint density at radius 1 is 0.935 bits per heavy atom. The first-order chi connectivity index (χ1) is 14.7. The lowest BCUT2D eigenvalue weighted by Crippen LogP contribution is -2.44. The number of esters is 2. The Morgan fingerprint density at radius 2 is 1.58 bits per heavy atom. The van der Waals surface area contributed by atoms with E-state index in [2.05, 4.69) is 5.32 Å². The van der Waals surface area contributed by atoms with Crippen LogP contribution < -0.4 is 5.32 Å². The zero-order chi connectivity index (χ0) is 22.9. The van der Waals surface area contributed by atoms with Crippen molar-refractivity contribution in [3.63, 3.8) is 0 Å². The van der Waals surface area contributed by atoms with Crippen molar-refractivity contribution in [1.82, 2.24) is 5.32 Å². The SMILES string of the molecule is COC(=O)[C@H](Cc1ccc(C(=O)OC(C)(C)C)cc1)NC(=O)COCc1ccccc1. The van der Waals surface area contributed by atoms with Crippen LogP contribution in [0.15, 0.2) is 54.6 Å². The van der Waals surface area contributed by atoms with Crippen LogP contribution in [-0.4, -0.2) is 43.2 Å². The molecule has 1 amide bonds.